The molecule has 0 aliphatic carbocycles. The maximum absolute atomic E-state index is 13.8. The largest absolute Gasteiger partial charge is 0.490 e. The molecule has 0 aliphatic heterocycles. The molecule has 1 atom stereocenters. The van der Waals surface area contributed by atoms with E-state index in [2.05, 4.69) is 20.3 Å². The highest BCUT2D eigenvalue weighted by Crippen LogP contribution is 2.28. The summed E-state index contributed by atoms with van der Waals surface area (Å²) in [7, 11) is 0. The summed E-state index contributed by atoms with van der Waals surface area (Å²) in [5.41, 5.74) is 6.24. The number of carboxylic acids is 1. The number of fused-ring (bicyclic) bond motifs is 1. The Kier molecular flexibility index (Phi) is 8.51. The van der Waals surface area contributed by atoms with Crippen molar-refractivity contribution in [2.24, 2.45) is 5.73 Å². The van der Waals surface area contributed by atoms with Gasteiger partial charge in [0.15, 0.2) is 28.3 Å². The highest BCUT2D eigenvalue weighted by molar-refractivity contribution is 7.98. The lowest BCUT2D eigenvalue weighted by atomic mass is 10.2. The monoisotopic (exact) mass is 497 g/mol. The number of hydrogen-bond donors (Lipinski definition) is 4. The summed E-state index contributed by atoms with van der Waals surface area (Å²) in [6, 6.07) is 3.98. The fraction of sp³-hybridized carbons (Fsp3) is 0.294. The van der Waals surface area contributed by atoms with Gasteiger partial charge in [0.2, 0.25) is 0 Å². The molecule has 2 aromatic heterocycles. The molecule has 0 radical (unpaired) electrons. The minimum atomic E-state index is -5.08. The van der Waals surface area contributed by atoms with Crippen LogP contribution in [0.1, 0.15) is 12.5 Å². The van der Waals surface area contributed by atoms with E-state index in [0.29, 0.717) is 27.9 Å². The summed E-state index contributed by atoms with van der Waals surface area (Å²) in [5, 5.41) is 10.6. The zero-order chi connectivity index (χ0) is 24.1. The van der Waals surface area contributed by atoms with Gasteiger partial charge in [0, 0.05) is 23.9 Å². The van der Waals surface area contributed by atoms with Crippen molar-refractivity contribution in [3.63, 3.8) is 0 Å². The summed E-state index contributed by atoms with van der Waals surface area (Å²) in [6.45, 7) is 2.28. The van der Waals surface area contributed by atoms with E-state index in [1.165, 1.54) is 12.1 Å². The van der Waals surface area contributed by atoms with Crippen LogP contribution in [-0.4, -0.2) is 44.8 Å². The van der Waals surface area contributed by atoms with Crippen molar-refractivity contribution in [1.82, 2.24) is 15.0 Å². The van der Waals surface area contributed by atoms with Crippen LogP contribution in [-0.2, 0) is 10.5 Å². The van der Waals surface area contributed by atoms with Gasteiger partial charge in [0.25, 0.3) is 0 Å². The number of alkyl halides is 3. The molecular weight excluding hydrogens is 481 g/mol. The first-order valence-corrected chi connectivity index (χ1v) is 10.5. The molecule has 2 heterocycles. The summed E-state index contributed by atoms with van der Waals surface area (Å²) in [6.07, 6.45) is -5.08. The Hall–Kier alpha value is -2.78. The first-order valence-electron chi connectivity index (χ1n) is 8.65. The van der Waals surface area contributed by atoms with E-state index >= 15 is 0 Å². The van der Waals surface area contributed by atoms with E-state index < -0.39 is 23.8 Å². The van der Waals surface area contributed by atoms with Crippen LogP contribution in [0.15, 0.2) is 28.2 Å². The molecular formula is C17H16F5N5O3S2. The number of carbonyl (C=O) groups is 1. The second kappa shape index (κ2) is 10.7. The topological polar surface area (TPSA) is 134 Å². The van der Waals surface area contributed by atoms with E-state index in [9.17, 15) is 26.7 Å². The van der Waals surface area contributed by atoms with Crippen molar-refractivity contribution in [3.8, 4) is 0 Å². The Balaban J connectivity index is 0.000000451. The molecule has 0 amide bonds. The van der Waals surface area contributed by atoms with Crippen LogP contribution in [0.2, 0.25) is 0 Å². The Morgan fingerprint density at radius 1 is 1.34 bits per heavy atom. The van der Waals surface area contributed by atoms with Gasteiger partial charge in [-0.2, -0.15) is 13.2 Å². The second-order valence-corrected chi connectivity index (χ2v) is 8.06. The normalized spacial score (nSPS) is 12.2. The number of rotatable bonds is 6. The third kappa shape index (κ3) is 6.86. The number of nitrogens with one attached hydrogen (secondary N) is 2. The Labute approximate surface area is 185 Å². The van der Waals surface area contributed by atoms with Gasteiger partial charge in [-0.05, 0) is 13.0 Å². The molecule has 174 valence electrons. The lowest BCUT2D eigenvalue weighted by Crippen LogP contribution is -2.25. The first-order chi connectivity index (χ1) is 14.9. The molecule has 0 saturated carbocycles. The number of carboxylic acid groups (broad SMARTS) is 1. The molecule has 1 aromatic carbocycles. The predicted octanol–water partition coefficient (Wildman–Crippen LogP) is 3.34. The molecule has 0 aliphatic rings. The van der Waals surface area contributed by atoms with E-state index in [0.717, 1.165) is 29.2 Å². The van der Waals surface area contributed by atoms with Crippen LogP contribution in [0.4, 0.5) is 27.8 Å². The van der Waals surface area contributed by atoms with Gasteiger partial charge in [-0.3, -0.25) is 9.78 Å². The van der Waals surface area contributed by atoms with E-state index in [1.807, 2.05) is 6.92 Å². The van der Waals surface area contributed by atoms with Crippen molar-refractivity contribution in [2.45, 2.75) is 30.1 Å². The number of halogens is 5. The third-order valence-corrected chi connectivity index (χ3v) is 5.40. The minimum Gasteiger partial charge on any atom is -0.475 e. The van der Waals surface area contributed by atoms with E-state index in [4.69, 9.17) is 15.6 Å². The van der Waals surface area contributed by atoms with Gasteiger partial charge in [0.05, 0.1) is 0 Å². The quantitative estimate of drug-likeness (QED) is 0.232. The minimum absolute atomic E-state index is 0.0474. The summed E-state index contributed by atoms with van der Waals surface area (Å²) in [4.78, 5) is 31.6. The van der Waals surface area contributed by atoms with Crippen molar-refractivity contribution < 1.29 is 31.9 Å². The average molecular weight is 497 g/mol. The summed E-state index contributed by atoms with van der Waals surface area (Å²) in [5.74, 6) is -3.87. The van der Waals surface area contributed by atoms with Crippen LogP contribution in [0.5, 0.6) is 0 Å². The van der Waals surface area contributed by atoms with Crippen LogP contribution in [0.25, 0.3) is 10.3 Å². The number of thioether (sulfide) groups is 1. The van der Waals surface area contributed by atoms with Crippen LogP contribution >= 0.6 is 23.1 Å². The van der Waals surface area contributed by atoms with Crippen LogP contribution in [0.3, 0.4) is 0 Å². The SMILES string of the molecule is C[C@H](CN)Nc1nc(SCc2cccc(F)c2F)nc2[nH]c(=O)sc12.O=C(O)C(F)(F)F. The molecule has 0 spiro atoms. The maximum Gasteiger partial charge on any atom is 0.490 e. The number of aromatic nitrogens is 3. The maximum atomic E-state index is 13.8. The van der Waals surface area contributed by atoms with Crippen molar-refractivity contribution in [1.29, 1.82) is 0 Å². The van der Waals surface area contributed by atoms with E-state index in [1.54, 1.807) is 0 Å². The summed E-state index contributed by atoms with van der Waals surface area (Å²) >= 11 is 2.15. The van der Waals surface area contributed by atoms with Gasteiger partial charge in [-0.25, -0.2) is 23.5 Å². The average Bonchev–Trinajstić information content (AvgIpc) is 3.09. The van der Waals surface area contributed by atoms with Crippen molar-refractivity contribution in [3.05, 3.63) is 45.1 Å². The number of hydrogen-bond acceptors (Lipinski definition) is 8. The van der Waals surface area contributed by atoms with Gasteiger partial charge in [-0.1, -0.05) is 35.2 Å². The third-order valence-electron chi connectivity index (χ3n) is 3.63. The van der Waals surface area contributed by atoms with Crippen molar-refractivity contribution >= 4 is 45.2 Å². The molecule has 0 bridgehead atoms. The second-order valence-electron chi connectivity index (χ2n) is 6.13. The number of benzene rings is 1. The Bertz CT molecular complexity index is 1150. The Morgan fingerprint density at radius 3 is 2.59 bits per heavy atom. The molecule has 3 aromatic rings. The molecule has 0 unspecified atom stereocenters. The molecule has 5 N–H and O–H groups in total. The number of anilines is 1. The first kappa shape index (κ1) is 25.5. The number of thiazole rings is 1. The molecule has 3 rings (SSSR count). The smallest absolute Gasteiger partial charge is 0.475 e. The number of aromatic amines is 1. The van der Waals surface area contributed by atoms with Gasteiger partial charge in [0.1, 0.15) is 4.70 Å². The molecule has 0 saturated heterocycles. The zero-order valence-electron chi connectivity index (χ0n) is 16.2. The standard InChI is InChI=1S/C15H15F2N5OS2.C2HF3O2/c1-7(5-18)19-12-11-13(22-15(23)25-11)21-14(20-12)24-6-8-3-2-4-9(16)10(8)17;3-2(4,5)1(6)7/h2-4,7H,5-6,18H2,1H3,(H2,19,20,21,22,23);(H,6,7)/t7-;/m1./s1. The molecule has 8 nitrogen and oxygen atoms in total. The fourth-order valence-corrected chi connectivity index (χ4v) is 3.63. The number of H-pyrrole nitrogens is 1. The number of nitrogens with two attached hydrogens (primary N) is 1. The highest BCUT2D eigenvalue weighted by Gasteiger charge is 2.38. The number of nitrogens with zero attached hydrogens (tertiary/aromatic N) is 2. The van der Waals surface area contributed by atoms with Gasteiger partial charge < -0.3 is 16.2 Å². The van der Waals surface area contributed by atoms with E-state index in [-0.39, 0.29) is 22.2 Å². The zero-order valence-corrected chi connectivity index (χ0v) is 17.8. The fourth-order valence-electron chi connectivity index (χ4n) is 2.08. The summed E-state index contributed by atoms with van der Waals surface area (Å²) < 4.78 is 59.4. The lowest BCUT2D eigenvalue weighted by molar-refractivity contribution is -0.192. The van der Waals surface area contributed by atoms with Crippen LogP contribution < -0.4 is 15.9 Å². The van der Waals surface area contributed by atoms with Gasteiger partial charge >= 0.3 is 17.0 Å². The number of aliphatic carboxylic acids is 1. The molecule has 32 heavy (non-hydrogen) atoms. The van der Waals surface area contributed by atoms with Crippen LogP contribution in [0, 0.1) is 11.6 Å². The highest BCUT2D eigenvalue weighted by atomic mass is 32.2. The van der Waals surface area contributed by atoms with Crippen molar-refractivity contribution in [2.75, 3.05) is 11.9 Å². The predicted molar refractivity (Wildman–Crippen MR) is 110 cm³/mol. The van der Waals surface area contributed by atoms with Gasteiger partial charge in [-0.15, -0.1) is 0 Å². The molecule has 15 heteroatoms. The molecule has 0 fully saturated rings. The Morgan fingerprint density at radius 2 is 2.00 bits per heavy atom. The lowest BCUT2D eigenvalue weighted by Gasteiger charge is -2.13.